The fourth-order valence-corrected chi connectivity index (χ4v) is 5.52. The number of carbonyl (C=O) groups excluding carboxylic acids is 1. The van der Waals surface area contributed by atoms with E-state index in [9.17, 15) is 13.2 Å². The van der Waals surface area contributed by atoms with Crippen molar-refractivity contribution in [2.75, 3.05) is 26.2 Å². The lowest BCUT2D eigenvalue weighted by Gasteiger charge is -2.35. The van der Waals surface area contributed by atoms with Crippen LogP contribution in [0.3, 0.4) is 0 Å². The summed E-state index contributed by atoms with van der Waals surface area (Å²) in [5.41, 5.74) is 0.372. The van der Waals surface area contributed by atoms with Crippen molar-refractivity contribution < 1.29 is 17.7 Å². The number of likely N-dealkylation sites (tertiary alicyclic amines) is 1. The Balaban J connectivity index is 1.76. The minimum atomic E-state index is -3.67. The van der Waals surface area contributed by atoms with Gasteiger partial charge in [-0.05, 0) is 46.0 Å². The molecule has 0 aliphatic carbocycles. The van der Waals surface area contributed by atoms with E-state index < -0.39 is 10.0 Å². The third-order valence-electron chi connectivity index (χ3n) is 4.97. The molecule has 2 fully saturated rings. The summed E-state index contributed by atoms with van der Waals surface area (Å²) in [7, 11) is -3.67. The zero-order valence-corrected chi connectivity index (χ0v) is 15.1. The Labute approximate surface area is 143 Å². The molecule has 0 aromatic carbocycles. The zero-order valence-electron chi connectivity index (χ0n) is 14.3. The Morgan fingerprint density at radius 2 is 1.83 bits per heavy atom. The molecule has 1 aromatic rings. The summed E-state index contributed by atoms with van der Waals surface area (Å²) in [5, 5.41) is 3.75. The van der Waals surface area contributed by atoms with Crippen LogP contribution in [0, 0.1) is 19.8 Å². The molecule has 8 heteroatoms. The van der Waals surface area contributed by atoms with Crippen LogP contribution in [0.15, 0.2) is 9.42 Å². The number of hydrogen-bond acceptors (Lipinski definition) is 5. The number of piperidine rings is 2. The molecule has 2 aliphatic rings. The highest BCUT2D eigenvalue weighted by Crippen LogP contribution is 2.28. The standard InChI is InChI=1S/C16H25N3O4S/c1-12-15(13(2)23-17-12)24(21,22)19-10-6-7-14(11-19)16(20)18-8-4-3-5-9-18/h14H,3-11H2,1-2H3. The number of amides is 1. The van der Waals surface area contributed by atoms with Crippen molar-refractivity contribution in [2.45, 2.75) is 50.8 Å². The Morgan fingerprint density at radius 3 is 2.46 bits per heavy atom. The van der Waals surface area contributed by atoms with Gasteiger partial charge in [-0.2, -0.15) is 4.31 Å². The fourth-order valence-electron chi connectivity index (χ4n) is 3.71. The number of aromatic nitrogens is 1. The lowest BCUT2D eigenvalue weighted by atomic mass is 9.97. The molecule has 2 saturated heterocycles. The highest BCUT2D eigenvalue weighted by Gasteiger charge is 2.37. The highest BCUT2D eigenvalue weighted by atomic mass is 32.2. The molecule has 0 saturated carbocycles. The normalized spacial score (nSPS) is 23.4. The molecule has 1 atom stereocenters. The SMILES string of the molecule is Cc1noc(C)c1S(=O)(=O)N1CCCC(C(=O)N2CCCCC2)C1. The van der Waals surface area contributed by atoms with Gasteiger partial charge in [-0.3, -0.25) is 4.79 Å². The molecule has 1 amide bonds. The molecule has 3 heterocycles. The second kappa shape index (κ2) is 6.84. The third-order valence-corrected chi connectivity index (χ3v) is 7.08. The van der Waals surface area contributed by atoms with E-state index in [0.29, 0.717) is 24.4 Å². The van der Waals surface area contributed by atoms with Crippen molar-refractivity contribution >= 4 is 15.9 Å². The van der Waals surface area contributed by atoms with Crippen molar-refractivity contribution in [3.63, 3.8) is 0 Å². The van der Waals surface area contributed by atoms with E-state index >= 15 is 0 Å². The van der Waals surface area contributed by atoms with Gasteiger partial charge in [0.05, 0.1) is 5.92 Å². The minimum Gasteiger partial charge on any atom is -0.360 e. The van der Waals surface area contributed by atoms with Crippen LogP contribution in [0.2, 0.25) is 0 Å². The van der Waals surface area contributed by atoms with E-state index in [1.54, 1.807) is 13.8 Å². The second-order valence-electron chi connectivity index (χ2n) is 6.74. The van der Waals surface area contributed by atoms with Crippen LogP contribution in [0.1, 0.15) is 43.6 Å². The maximum Gasteiger partial charge on any atom is 0.248 e. The Hall–Kier alpha value is -1.41. The first-order chi connectivity index (χ1) is 11.4. The van der Waals surface area contributed by atoms with Crippen LogP contribution in [0.4, 0.5) is 0 Å². The van der Waals surface area contributed by atoms with Gasteiger partial charge in [0, 0.05) is 26.2 Å². The quantitative estimate of drug-likeness (QED) is 0.824. The van der Waals surface area contributed by atoms with Gasteiger partial charge in [0.15, 0.2) is 5.76 Å². The fraction of sp³-hybridized carbons (Fsp3) is 0.750. The summed E-state index contributed by atoms with van der Waals surface area (Å²) >= 11 is 0. The van der Waals surface area contributed by atoms with E-state index in [0.717, 1.165) is 32.4 Å². The van der Waals surface area contributed by atoms with Gasteiger partial charge in [-0.1, -0.05) is 5.16 Å². The van der Waals surface area contributed by atoms with Gasteiger partial charge >= 0.3 is 0 Å². The molecule has 0 radical (unpaired) electrons. The summed E-state index contributed by atoms with van der Waals surface area (Å²) in [6.45, 7) is 5.52. The first-order valence-electron chi connectivity index (χ1n) is 8.63. The molecule has 1 unspecified atom stereocenters. The van der Waals surface area contributed by atoms with E-state index in [4.69, 9.17) is 4.52 Å². The van der Waals surface area contributed by atoms with Crippen molar-refractivity contribution in [3.8, 4) is 0 Å². The van der Waals surface area contributed by atoms with Crippen molar-refractivity contribution in [1.29, 1.82) is 0 Å². The van der Waals surface area contributed by atoms with E-state index in [-0.39, 0.29) is 23.3 Å². The van der Waals surface area contributed by atoms with Crippen LogP contribution in [-0.2, 0) is 14.8 Å². The van der Waals surface area contributed by atoms with Gasteiger partial charge < -0.3 is 9.42 Å². The van der Waals surface area contributed by atoms with E-state index in [1.807, 2.05) is 4.90 Å². The summed E-state index contributed by atoms with van der Waals surface area (Å²) in [6, 6.07) is 0. The first kappa shape index (κ1) is 17.4. The third kappa shape index (κ3) is 3.21. The number of carbonyl (C=O) groups is 1. The van der Waals surface area contributed by atoms with Crippen molar-refractivity contribution in [3.05, 3.63) is 11.5 Å². The Morgan fingerprint density at radius 1 is 1.12 bits per heavy atom. The molecule has 3 rings (SSSR count). The number of nitrogens with zero attached hydrogens (tertiary/aromatic N) is 3. The van der Waals surface area contributed by atoms with Crippen LogP contribution in [-0.4, -0.2) is 54.9 Å². The summed E-state index contributed by atoms with van der Waals surface area (Å²) < 4.78 is 32.3. The van der Waals surface area contributed by atoms with Crippen LogP contribution < -0.4 is 0 Å². The number of hydrogen-bond donors (Lipinski definition) is 0. The van der Waals surface area contributed by atoms with E-state index in [2.05, 4.69) is 5.16 Å². The van der Waals surface area contributed by atoms with Crippen molar-refractivity contribution in [2.24, 2.45) is 5.92 Å². The van der Waals surface area contributed by atoms with Crippen LogP contribution in [0.5, 0.6) is 0 Å². The van der Waals surface area contributed by atoms with Gasteiger partial charge in [-0.25, -0.2) is 8.42 Å². The van der Waals surface area contributed by atoms with Gasteiger partial charge in [0.1, 0.15) is 10.6 Å². The average molecular weight is 355 g/mol. The summed E-state index contributed by atoms with van der Waals surface area (Å²) in [5.74, 6) is 0.164. The van der Waals surface area contributed by atoms with Crippen LogP contribution >= 0.6 is 0 Å². The molecule has 0 N–H and O–H groups in total. The molecular weight excluding hydrogens is 330 g/mol. The zero-order chi connectivity index (χ0) is 17.3. The molecule has 7 nitrogen and oxygen atoms in total. The second-order valence-corrected chi connectivity index (χ2v) is 8.62. The minimum absolute atomic E-state index is 0.105. The lowest BCUT2D eigenvalue weighted by molar-refractivity contribution is -0.137. The monoisotopic (exact) mass is 355 g/mol. The largest absolute Gasteiger partial charge is 0.360 e. The molecular formula is C16H25N3O4S. The molecule has 0 bridgehead atoms. The Kier molecular flexibility index (Phi) is 4.96. The topological polar surface area (TPSA) is 83.7 Å². The predicted molar refractivity (Wildman–Crippen MR) is 87.9 cm³/mol. The van der Waals surface area contributed by atoms with Gasteiger partial charge in [0.25, 0.3) is 0 Å². The molecule has 0 spiro atoms. The molecule has 1 aromatic heterocycles. The lowest BCUT2D eigenvalue weighted by Crippen LogP contribution is -2.47. The number of aryl methyl sites for hydroxylation is 2. The van der Waals surface area contributed by atoms with Gasteiger partial charge in [0.2, 0.25) is 15.9 Å². The highest BCUT2D eigenvalue weighted by molar-refractivity contribution is 7.89. The first-order valence-corrected chi connectivity index (χ1v) is 10.1. The molecule has 24 heavy (non-hydrogen) atoms. The van der Waals surface area contributed by atoms with Crippen molar-refractivity contribution in [1.82, 2.24) is 14.4 Å². The summed E-state index contributed by atoms with van der Waals surface area (Å²) in [6.07, 6.45) is 4.70. The predicted octanol–water partition coefficient (Wildman–Crippen LogP) is 1.70. The average Bonchev–Trinajstić information content (AvgIpc) is 2.94. The maximum absolute atomic E-state index is 12.9. The maximum atomic E-state index is 12.9. The smallest absolute Gasteiger partial charge is 0.248 e. The Bertz CT molecular complexity index is 687. The van der Waals surface area contributed by atoms with Gasteiger partial charge in [-0.15, -0.1) is 0 Å². The number of sulfonamides is 1. The van der Waals surface area contributed by atoms with Crippen LogP contribution in [0.25, 0.3) is 0 Å². The van der Waals surface area contributed by atoms with E-state index in [1.165, 1.54) is 10.7 Å². The number of rotatable bonds is 3. The molecule has 2 aliphatic heterocycles. The molecule has 134 valence electrons. The summed E-state index contributed by atoms with van der Waals surface area (Å²) in [4.78, 5) is 14.8.